The van der Waals surface area contributed by atoms with Crippen molar-refractivity contribution in [3.05, 3.63) is 28.8 Å². The Morgan fingerprint density at radius 3 is 2.72 bits per heavy atom. The molecule has 2 saturated heterocycles. The van der Waals surface area contributed by atoms with Gasteiger partial charge in [-0.05, 0) is 31.0 Å². The fourth-order valence-corrected chi connectivity index (χ4v) is 4.79. The van der Waals surface area contributed by atoms with Crippen LogP contribution in [0.15, 0.2) is 23.1 Å². The number of rotatable bonds is 5. The monoisotopic (exact) mass is 388 g/mol. The molecule has 1 amide bonds. The van der Waals surface area contributed by atoms with E-state index >= 15 is 0 Å². The molecule has 9 heteroatoms. The summed E-state index contributed by atoms with van der Waals surface area (Å²) < 4.78 is 37.5. The van der Waals surface area contributed by atoms with Gasteiger partial charge in [-0.2, -0.15) is 4.31 Å². The molecule has 0 spiro atoms. The number of nitrogens with zero attached hydrogens (tertiary/aromatic N) is 1. The first-order valence-electron chi connectivity index (χ1n) is 8.26. The second kappa shape index (κ2) is 8.01. The van der Waals surface area contributed by atoms with Crippen LogP contribution < -0.4 is 5.32 Å². The molecule has 1 N–H and O–H groups in total. The lowest BCUT2D eigenvalue weighted by atomic mass is 10.2. The number of hydrogen-bond donors (Lipinski definition) is 1. The predicted molar refractivity (Wildman–Crippen MR) is 92.3 cm³/mol. The molecule has 2 fully saturated rings. The van der Waals surface area contributed by atoms with Crippen LogP contribution >= 0.6 is 11.6 Å². The molecule has 0 aromatic heterocycles. The number of morpholine rings is 1. The SMILES string of the molecule is O=C(NC[C@@H]1CCCO1)c1ccc(Cl)c(S(=O)(=O)N2CCOCC2)c1. The average Bonchev–Trinajstić information content (AvgIpc) is 3.14. The van der Waals surface area contributed by atoms with Crippen LogP contribution in [0.4, 0.5) is 0 Å². The van der Waals surface area contributed by atoms with Crippen LogP contribution in [0.3, 0.4) is 0 Å². The molecule has 1 atom stereocenters. The minimum absolute atomic E-state index is 0.0211. The van der Waals surface area contributed by atoms with E-state index in [1.807, 2.05) is 0 Å². The number of nitrogens with one attached hydrogen (secondary N) is 1. The van der Waals surface area contributed by atoms with E-state index in [1.165, 1.54) is 22.5 Å². The lowest BCUT2D eigenvalue weighted by Crippen LogP contribution is -2.40. The minimum atomic E-state index is -3.76. The predicted octanol–water partition coefficient (Wildman–Crippen LogP) is 1.27. The Morgan fingerprint density at radius 2 is 2.04 bits per heavy atom. The highest BCUT2D eigenvalue weighted by atomic mass is 35.5. The van der Waals surface area contributed by atoms with Gasteiger partial charge in [-0.15, -0.1) is 0 Å². The highest BCUT2D eigenvalue weighted by Crippen LogP contribution is 2.26. The molecule has 2 heterocycles. The molecule has 0 radical (unpaired) electrons. The molecule has 0 aliphatic carbocycles. The van der Waals surface area contributed by atoms with E-state index in [2.05, 4.69) is 5.32 Å². The zero-order chi connectivity index (χ0) is 17.9. The van der Waals surface area contributed by atoms with E-state index in [4.69, 9.17) is 21.1 Å². The van der Waals surface area contributed by atoms with Crippen molar-refractivity contribution < 1.29 is 22.7 Å². The number of benzene rings is 1. The number of carbonyl (C=O) groups excluding carboxylic acids is 1. The number of halogens is 1. The number of sulfonamides is 1. The maximum absolute atomic E-state index is 12.8. The highest BCUT2D eigenvalue weighted by Gasteiger charge is 2.29. The van der Waals surface area contributed by atoms with Gasteiger partial charge in [0, 0.05) is 31.8 Å². The average molecular weight is 389 g/mol. The van der Waals surface area contributed by atoms with E-state index in [0.717, 1.165) is 12.8 Å². The second-order valence-electron chi connectivity index (χ2n) is 6.01. The van der Waals surface area contributed by atoms with E-state index in [1.54, 1.807) is 0 Å². The van der Waals surface area contributed by atoms with Crippen molar-refractivity contribution in [2.75, 3.05) is 39.5 Å². The molecular formula is C16H21ClN2O5S. The molecule has 7 nitrogen and oxygen atoms in total. The van der Waals surface area contributed by atoms with Gasteiger partial charge in [-0.3, -0.25) is 4.79 Å². The first-order valence-corrected chi connectivity index (χ1v) is 10.1. The van der Waals surface area contributed by atoms with E-state index in [9.17, 15) is 13.2 Å². The molecule has 2 aliphatic heterocycles. The first-order chi connectivity index (χ1) is 12.0. The van der Waals surface area contributed by atoms with Crippen LogP contribution in [0.2, 0.25) is 5.02 Å². The Bertz CT molecular complexity index is 728. The standard InChI is InChI=1S/C16H21ClN2O5S/c17-14-4-3-12(16(20)18-11-13-2-1-7-24-13)10-15(14)25(21,22)19-5-8-23-9-6-19/h3-4,10,13H,1-2,5-9,11H2,(H,18,20)/t13-/m0/s1. The second-order valence-corrected chi connectivity index (χ2v) is 8.32. The van der Waals surface area contributed by atoms with Gasteiger partial charge in [0.15, 0.2) is 0 Å². The molecule has 0 bridgehead atoms. The summed E-state index contributed by atoms with van der Waals surface area (Å²) in [4.78, 5) is 12.3. The van der Waals surface area contributed by atoms with E-state index < -0.39 is 10.0 Å². The zero-order valence-electron chi connectivity index (χ0n) is 13.7. The van der Waals surface area contributed by atoms with Crippen LogP contribution in [0.25, 0.3) is 0 Å². The highest BCUT2D eigenvalue weighted by molar-refractivity contribution is 7.89. The van der Waals surface area contributed by atoms with Crippen LogP contribution in [0, 0.1) is 0 Å². The summed E-state index contributed by atoms with van der Waals surface area (Å²) in [7, 11) is -3.76. The van der Waals surface area contributed by atoms with Gasteiger partial charge < -0.3 is 14.8 Å². The van der Waals surface area contributed by atoms with Crippen molar-refractivity contribution >= 4 is 27.5 Å². The Kier molecular flexibility index (Phi) is 5.96. The molecular weight excluding hydrogens is 368 g/mol. The fourth-order valence-electron chi connectivity index (χ4n) is 2.88. The summed E-state index contributed by atoms with van der Waals surface area (Å²) in [6, 6.07) is 4.29. The quantitative estimate of drug-likeness (QED) is 0.821. The number of amides is 1. The van der Waals surface area contributed by atoms with Gasteiger partial charge in [0.1, 0.15) is 4.90 Å². The lowest BCUT2D eigenvalue weighted by molar-refractivity contribution is 0.0730. The largest absolute Gasteiger partial charge is 0.379 e. The van der Waals surface area contributed by atoms with E-state index in [0.29, 0.717) is 26.4 Å². The summed E-state index contributed by atoms with van der Waals surface area (Å²) in [5.74, 6) is -0.342. The van der Waals surface area contributed by atoms with Crippen molar-refractivity contribution in [1.29, 1.82) is 0 Å². The van der Waals surface area contributed by atoms with Gasteiger partial charge in [0.25, 0.3) is 5.91 Å². The van der Waals surface area contributed by atoms with Crippen LogP contribution in [0.5, 0.6) is 0 Å². The van der Waals surface area contributed by atoms with Gasteiger partial charge >= 0.3 is 0 Å². The summed E-state index contributed by atoms with van der Waals surface area (Å²) >= 11 is 6.10. The Labute approximate surface area is 152 Å². The third-order valence-electron chi connectivity index (χ3n) is 4.30. The molecule has 0 unspecified atom stereocenters. The zero-order valence-corrected chi connectivity index (χ0v) is 15.3. The van der Waals surface area contributed by atoms with Gasteiger partial charge in [-0.1, -0.05) is 11.6 Å². The minimum Gasteiger partial charge on any atom is -0.379 e. The summed E-state index contributed by atoms with van der Waals surface area (Å²) in [6.07, 6.45) is 1.92. The normalized spacial score (nSPS) is 22.0. The summed E-state index contributed by atoms with van der Waals surface area (Å²) in [5, 5.41) is 2.88. The molecule has 138 valence electrons. The van der Waals surface area contributed by atoms with Crippen LogP contribution in [-0.2, 0) is 19.5 Å². The maximum Gasteiger partial charge on any atom is 0.251 e. The third-order valence-corrected chi connectivity index (χ3v) is 6.68. The molecule has 0 saturated carbocycles. The lowest BCUT2D eigenvalue weighted by Gasteiger charge is -2.26. The summed E-state index contributed by atoms with van der Waals surface area (Å²) in [6.45, 7) is 2.36. The Morgan fingerprint density at radius 1 is 1.28 bits per heavy atom. The van der Waals surface area contributed by atoms with Crippen molar-refractivity contribution in [3.8, 4) is 0 Å². The van der Waals surface area contributed by atoms with Crippen LogP contribution in [-0.4, -0.2) is 64.2 Å². The number of hydrogen-bond acceptors (Lipinski definition) is 5. The van der Waals surface area contributed by atoms with Gasteiger partial charge in [0.2, 0.25) is 10.0 Å². The number of ether oxygens (including phenoxy) is 2. The molecule has 1 aromatic rings. The van der Waals surface area contributed by atoms with Gasteiger partial charge in [0.05, 0.1) is 24.3 Å². The smallest absolute Gasteiger partial charge is 0.251 e. The fraction of sp³-hybridized carbons (Fsp3) is 0.562. The Hall–Kier alpha value is -1.19. The van der Waals surface area contributed by atoms with Gasteiger partial charge in [-0.25, -0.2) is 8.42 Å². The molecule has 2 aliphatic rings. The molecule has 3 rings (SSSR count). The van der Waals surface area contributed by atoms with Crippen LogP contribution in [0.1, 0.15) is 23.2 Å². The van der Waals surface area contributed by atoms with Crippen molar-refractivity contribution in [3.63, 3.8) is 0 Å². The third kappa shape index (κ3) is 4.32. The van der Waals surface area contributed by atoms with Crippen molar-refractivity contribution in [1.82, 2.24) is 9.62 Å². The van der Waals surface area contributed by atoms with Crippen molar-refractivity contribution in [2.24, 2.45) is 0 Å². The van der Waals surface area contributed by atoms with Crippen molar-refractivity contribution in [2.45, 2.75) is 23.8 Å². The molecule has 1 aromatic carbocycles. The summed E-state index contributed by atoms with van der Waals surface area (Å²) in [5.41, 5.74) is 0.259. The topological polar surface area (TPSA) is 84.9 Å². The first kappa shape index (κ1) is 18.6. The number of carbonyl (C=O) groups is 1. The molecule has 25 heavy (non-hydrogen) atoms. The van der Waals surface area contributed by atoms with E-state index in [-0.39, 0.29) is 40.6 Å². The Balaban J connectivity index is 1.76. The maximum atomic E-state index is 12.8.